The Labute approximate surface area is 498 Å². The van der Waals surface area contributed by atoms with E-state index in [4.69, 9.17) is 30.9 Å². The minimum atomic E-state index is -1.13. The number of fused-ring (bicyclic) bond motifs is 4. The highest BCUT2D eigenvalue weighted by molar-refractivity contribution is 6.02. The quantitative estimate of drug-likeness (QED) is 0.0812. The second-order valence-corrected chi connectivity index (χ2v) is 25.4. The van der Waals surface area contributed by atoms with Crippen molar-refractivity contribution in [3.05, 3.63) is 95.1 Å². The van der Waals surface area contributed by atoms with Crippen molar-refractivity contribution in [2.45, 2.75) is 114 Å². The van der Waals surface area contributed by atoms with Crippen molar-refractivity contribution in [2.24, 2.45) is 49.2 Å². The molecular formula is C66H78F2N12O6. The van der Waals surface area contributed by atoms with E-state index in [1.54, 1.807) is 52.6 Å². The molecule has 0 bridgehead atoms. The Morgan fingerprint density at radius 1 is 0.558 bits per heavy atom. The first-order chi connectivity index (χ1) is 41.5. The van der Waals surface area contributed by atoms with Gasteiger partial charge in [0, 0.05) is 100 Å². The summed E-state index contributed by atoms with van der Waals surface area (Å²) in [5, 5.41) is 7.92. The number of carbonyl (C=O) groups is 4. The molecule has 2 saturated heterocycles. The van der Waals surface area contributed by atoms with Gasteiger partial charge in [-0.05, 0) is 135 Å². The van der Waals surface area contributed by atoms with E-state index < -0.39 is 12.3 Å². The number of ether oxygens (including phenoxy) is 2. The van der Waals surface area contributed by atoms with Crippen LogP contribution in [0.25, 0.3) is 66.9 Å². The number of nitrogens with two attached hydrogens (primary N) is 2. The molecule has 0 unspecified atom stereocenters. The van der Waals surface area contributed by atoms with Crippen molar-refractivity contribution in [3.8, 4) is 34.5 Å². The zero-order chi connectivity index (χ0) is 60.0. The number of alkyl halides is 2. The van der Waals surface area contributed by atoms with Crippen molar-refractivity contribution in [3.63, 3.8) is 0 Å². The van der Waals surface area contributed by atoms with Gasteiger partial charge in [0.05, 0.1) is 60.8 Å². The Morgan fingerprint density at radius 3 is 1.30 bits per heavy atom. The van der Waals surface area contributed by atoms with Gasteiger partial charge in [0.2, 0.25) is 11.8 Å². The first-order valence-corrected chi connectivity index (χ1v) is 30.7. The number of nitrogens with zero attached hydrogens (tertiary/aromatic N) is 8. The molecule has 4 aliphatic carbocycles. The average molecular weight is 1170 g/mol. The summed E-state index contributed by atoms with van der Waals surface area (Å²) >= 11 is 0. The third-order valence-corrected chi connectivity index (χ3v) is 19.3. The third kappa shape index (κ3) is 10.5. The van der Waals surface area contributed by atoms with Crippen molar-refractivity contribution in [2.75, 3.05) is 54.5 Å². The van der Waals surface area contributed by atoms with Crippen LogP contribution in [0.2, 0.25) is 0 Å². The maximum Gasteiger partial charge on any atom is 0.254 e. The van der Waals surface area contributed by atoms with Gasteiger partial charge in [-0.15, -0.1) is 0 Å². The lowest BCUT2D eigenvalue weighted by Gasteiger charge is -2.35. The Bertz CT molecular complexity index is 3700. The molecule has 14 rings (SSSR count). The fourth-order valence-corrected chi connectivity index (χ4v) is 14.3. The molecule has 4 atom stereocenters. The zero-order valence-corrected chi connectivity index (χ0v) is 50.0. The summed E-state index contributed by atoms with van der Waals surface area (Å²) in [6.07, 6.45) is 6.54. The van der Waals surface area contributed by atoms with Gasteiger partial charge in [0.15, 0.2) is 11.6 Å². The number of piperidine rings is 2. The second kappa shape index (κ2) is 22.8. The van der Waals surface area contributed by atoms with Gasteiger partial charge in [-0.1, -0.05) is 36.4 Å². The van der Waals surface area contributed by atoms with Crippen LogP contribution in [0, 0.1) is 23.7 Å². The van der Waals surface area contributed by atoms with Crippen molar-refractivity contribution >= 4 is 67.5 Å². The van der Waals surface area contributed by atoms with Gasteiger partial charge in [-0.25, -0.2) is 18.7 Å². The van der Waals surface area contributed by atoms with Gasteiger partial charge in [-0.3, -0.25) is 19.2 Å². The monoisotopic (exact) mass is 1170 g/mol. The van der Waals surface area contributed by atoms with Crippen LogP contribution in [0.4, 0.5) is 8.78 Å². The number of hydrogen-bond donors (Lipinski definition) is 4. The summed E-state index contributed by atoms with van der Waals surface area (Å²) in [6, 6.07) is 23.6. The Hall–Kier alpha value is -7.84. The molecule has 4 aromatic carbocycles. The van der Waals surface area contributed by atoms with E-state index in [0.717, 1.165) is 83.6 Å². The van der Waals surface area contributed by atoms with Crippen LogP contribution < -0.4 is 31.6 Å². The highest BCUT2D eigenvalue weighted by Crippen LogP contribution is 2.49. The lowest BCUT2D eigenvalue weighted by molar-refractivity contribution is -0.128. The van der Waals surface area contributed by atoms with Gasteiger partial charge in [0.1, 0.15) is 34.9 Å². The van der Waals surface area contributed by atoms with Gasteiger partial charge < -0.3 is 59.6 Å². The molecule has 6 aliphatic rings. The number of likely N-dealkylation sites (tertiary alicyclic amines) is 2. The van der Waals surface area contributed by atoms with E-state index in [-0.39, 0.29) is 73.5 Å². The summed E-state index contributed by atoms with van der Waals surface area (Å²) in [7, 11) is 10.5. The van der Waals surface area contributed by atoms with E-state index in [1.807, 2.05) is 23.2 Å². The lowest BCUT2D eigenvalue weighted by Crippen LogP contribution is -2.50. The molecule has 6 heterocycles. The number of benzene rings is 4. The minimum Gasteiger partial charge on any atom is -0.494 e. The number of methoxy groups -OCH3 is 2. The molecule has 452 valence electrons. The predicted molar refractivity (Wildman–Crippen MR) is 328 cm³/mol. The van der Waals surface area contributed by atoms with Crippen LogP contribution in [0.1, 0.15) is 108 Å². The molecule has 4 amide bonds. The molecule has 86 heavy (non-hydrogen) atoms. The lowest BCUT2D eigenvalue weighted by atomic mass is 9.70. The summed E-state index contributed by atoms with van der Waals surface area (Å²) in [5.74, 6) is 4.45. The summed E-state index contributed by atoms with van der Waals surface area (Å²) in [6.45, 7) is 2.53. The second-order valence-electron chi connectivity index (χ2n) is 25.4. The fourth-order valence-electron chi connectivity index (χ4n) is 14.3. The number of halogens is 2. The smallest absolute Gasteiger partial charge is 0.254 e. The topological polar surface area (TPSA) is 215 Å². The van der Waals surface area contributed by atoms with Gasteiger partial charge >= 0.3 is 0 Å². The number of para-hydroxylation sites is 2. The summed E-state index contributed by atoms with van der Waals surface area (Å²) < 4.78 is 49.0. The van der Waals surface area contributed by atoms with E-state index >= 15 is 0 Å². The molecule has 4 saturated carbocycles. The third-order valence-electron chi connectivity index (χ3n) is 19.3. The molecule has 20 heteroatoms. The molecule has 18 nitrogen and oxygen atoms in total. The number of hydrogen-bond acceptors (Lipinski definition) is 10. The molecular weight excluding hydrogens is 1090 g/mol. The normalized spacial score (nSPS) is 23.9. The Kier molecular flexibility index (Phi) is 15.2. The number of aromatic nitrogens is 6. The number of aryl methyl sites for hydroxylation is 2. The Balaban J connectivity index is 0.000000160. The molecule has 8 aromatic rings. The molecule has 0 spiro atoms. The van der Waals surface area contributed by atoms with E-state index in [2.05, 4.69) is 68.3 Å². The Morgan fingerprint density at radius 2 is 0.953 bits per heavy atom. The van der Waals surface area contributed by atoms with Crippen molar-refractivity contribution in [1.29, 1.82) is 0 Å². The van der Waals surface area contributed by atoms with Crippen molar-refractivity contribution < 1.29 is 37.4 Å². The van der Waals surface area contributed by atoms with Crippen LogP contribution in [0.15, 0.2) is 72.8 Å². The predicted octanol–water partition coefficient (Wildman–Crippen LogP) is 8.73. The number of rotatable bonds is 14. The highest BCUT2D eigenvalue weighted by Gasteiger charge is 2.40. The largest absolute Gasteiger partial charge is 0.494 e. The van der Waals surface area contributed by atoms with Crippen LogP contribution in [0.3, 0.4) is 0 Å². The SMILES string of the molecule is CNC(=O)C1CC(c2cccc3cc(-c4nc5cc(C(=O)N6C[C@H](N)C[C@@H](F)C6)cc(OC)c5n4C)n(CC4CC4)c23)C1.CNC(=O)C1CC(c2cccc3cc(-c4nc5cc(C(=O)N6C[C@H](N)C[C@@H](F)C6)cc(OC)c5n4C)n(CC4CC4)c23)C1. The van der Waals surface area contributed by atoms with Crippen molar-refractivity contribution in [1.82, 2.24) is 48.7 Å². The number of imidazole rings is 2. The zero-order valence-electron chi connectivity index (χ0n) is 50.0. The van der Waals surface area contributed by atoms with E-state index in [9.17, 15) is 28.0 Å². The summed E-state index contributed by atoms with van der Waals surface area (Å²) in [5.41, 5.74) is 22.8. The molecule has 4 aromatic heterocycles. The first kappa shape index (κ1) is 57.2. The average Bonchev–Trinajstić information content (AvgIpc) is 1.84. The van der Waals surface area contributed by atoms with E-state index in [0.29, 0.717) is 70.4 Å². The van der Waals surface area contributed by atoms with Gasteiger partial charge in [0.25, 0.3) is 11.8 Å². The summed E-state index contributed by atoms with van der Waals surface area (Å²) in [4.78, 5) is 64.5. The van der Waals surface area contributed by atoms with Crippen LogP contribution in [-0.2, 0) is 36.8 Å². The van der Waals surface area contributed by atoms with Gasteiger partial charge in [-0.2, -0.15) is 0 Å². The molecule has 2 aliphatic heterocycles. The standard InChI is InChI=1S/2C33H39FN6O3/c2*1-36-32(41)21-9-20(10-21)25-6-4-5-19-12-27(40(29(19)25)15-18-7-8-18)31-37-26-11-22(13-28(43-3)30(26)38(31)2)33(42)39-16-23(34)14-24(35)17-39/h2*4-6,11-13,18,20-21,23-24H,7-10,14-17,35H2,1-3H3,(H,36,41)/t2*20?,21?,23-,24-/m11/s1. The highest BCUT2D eigenvalue weighted by atomic mass is 19.1. The molecule has 6 fully saturated rings. The van der Waals surface area contributed by atoms with Crippen LogP contribution in [0.5, 0.6) is 11.5 Å². The number of amides is 4. The maximum absolute atomic E-state index is 14.3. The number of carbonyl (C=O) groups excluding carboxylic acids is 4. The maximum atomic E-state index is 14.3. The van der Waals surface area contributed by atoms with Crippen LogP contribution >= 0.6 is 0 Å². The van der Waals surface area contributed by atoms with E-state index in [1.165, 1.54) is 57.6 Å². The first-order valence-electron chi connectivity index (χ1n) is 30.7. The minimum absolute atomic E-state index is 0.0365. The molecule has 6 N–H and O–H groups in total. The van der Waals surface area contributed by atoms with Crippen LogP contribution in [-0.4, -0.2) is 141 Å². The number of nitrogens with one attached hydrogen (secondary N) is 2. The fraction of sp³-hybridized carbons (Fsp3) is 0.485. The molecule has 0 radical (unpaired) electrons.